The number of hydrogen-bond donors (Lipinski definition) is 0. The van der Waals surface area contributed by atoms with E-state index in [1.807, 2.05) is 0 Å². The molecule has 0 radical (unpaired) electrons. The summed E-state index contributed by atoms with van der Waals surface area (Å²) in [7, 11) is -2.98. The third kappa shape index (κ3) is 3.55. The molecular weight excluding hydrogens is 394 g/mol. The number of benzene rings is 2. The third-order valence-electron chi connectivity index (χ3n) is 2.58. The fraction of sp³-hybridized carbons (Fsp3) is 0.0769. The van der Waals surface area contributed by atoms with Crippen LogP contribution in [0.4, 0.5) is 0 Å². The molecule has 0 aliphatic rings. The van der Waals surface area contributed by atoms with Crippen molar-refractivity contribution in [3.63, 3.8) is 0 Å². The SMILES string of the molecule is COc1c(S(=O)(=O)Oc2cc(Cl)ccc2Cl)ccc(Cl)c1Cl. The molecule has 2 rings (SSSR count). The van der Waals surface area contributed by atoms with E-state index in [4.69, 9.17) is 55.3 Å². The topological polar surface area (TPSA) is 52.6 Å². The van der Waals surface area contributed by atoms with Gasteiger partial charge in [0, 0.05) is 11.1 Å². The average molecular weight is 402 g/mol. The Morgan fingerprint density at radius 3 is 2.23 bits per heavy atom. The van der Waals surface area contributed by atoms with Crippen LogP contribution in [-0.2, 0) is 10.1 Å². The first-order valence-corrected chi connectivity index (χ1v) is 8.60. The predicted octanol–water partition coefficient (Wildman–Crippen LogP) is 5.08. The second-order valence-corrected chi connectivity index (χ2v) is 7.15. The maximum Gasteiger partial charge on any atom is 0.343 e. The molecule has 0 heterocycles. The minimum absolute atomic E-state index is 0.0361. The molecule has 2 aromatic carbocycles. The van der Waals surface area contributed by atoms with Gasteiger partial charge < -0.3 is 8.92 Å². The van der Waals surface area contributed by atoms with Crippen molar-refractivity contribution < 1.29 is 17.3 Å². The lowest BCUT2D eigenvalue weighted by Crippen LogP contribution is -2.11. The fourth-order valence-electron chi connectivity index (χ4n) is 1.61. The van der Waals surface area contributed by atoms with Crippen molar-refractivity contribution in [2.45, 2.75) is 4.90 Å². The zero-order valence-corrected chi connectivity index (χ0v) is 14.8. The highest BCUT2D eigenvalue weighted by atomic mass is 35.5. The molecular formula is C13H8Cl4O4S. The van der Waals surface area contributed by atoms with Gasteiger partial charge in [0.2, 0.25) is 0 Å². The van der Waals surface area contributed by atoms with Crippen molar-refractivity contribution in [3.8, 4) is 11.5 Å². The minimum Gasteiger partial charge on any atom is -0.494 e. The van der Waals surface area contributed by atoms with Crippen molar-refractivity contribution in [1.29, 1.82) is 0 Å². The Labute approximate surface area is 147 Å². The molecule has 0 N–H and O–H groups in total. The number of ether oxygens (including phenoxy) is 1. The molecule has 22 heavy (non-hydrogen) atoms. The second kappa shape index (κ2) is 6.72. The Kier molecular flexibility index (Phi) is 5.35. The standard InChI is InChI=1S/C13H8Cl4O4S/c1-20-13-11(5-4-9(16)12(13)17)22(18,19)21-10-6-7(14)2-3-8(10)15/h2-6H,1H3. The maximum absolute atomic E-state index is 12.4. The van der Waals surface area contributed by atoms with Crippen molar-refractivity contribution in [2.24, 2.45) is 0 Å². The second-order valence-electron chi connectivity index (χ2n) is 4.00. The van der Waals surface area contributed by atoms with Crippen LogP contribution in [0.5, 0.6) is 11.5 Å². The monoisotopic (exact) mass is 400 g/mol. The Morgan fingerprint density at radius 2 is 1.59 bits per heavy atom. The summed E-state index contributed by atoms with van der Waals surface area (Å²) in [4.78, 5) is -0.277. The van der Waals surface area contributed by atoms with E-state index in [0.717, 1.165) is 0 Å². The highest BCUT2D eigenvalue weighted by molar-refractivity contribution is 7.87. The van der Waals surface area contributed by atoms with Crippen LogP contribution in [0.15, 0.2) is 35.2 Å². The molecule has 0 fully saturated rings. The smallest absolute Gasteiger partial charge is 0.343 e. The van der Waals surface area contributed by atoms with Crippen LogP contribution >= 0.6 is 46.4 Å². The number of halogens is 4. The Bertz CT molecular complexity index is 821. The van der Waals surface area contributed by atoms with E-state index in [-0.39, 0.29) is 36.5 Å². The van der Waals surface area contributed by atoms with Gasteiger partial charge in [-0.25, -0.2) is 0 Å². The average Bonchev–Trinajstić information content (AvgIpc) is 2.45. The first-order valence-electron chi connectivity index (χ1n) is 5.68. The van der Waals surface area contributed by atoms with Crippen LogP contribution in [0.3, 0.4) is 0 Å². The molecule has 0 aliphatic heterocycles. The molecule has 0 saturated carbocycles. The summed E-state index contributed by atoms with van der Waals surface area (Å²) in [5.74, 6) is -0.227. The van der Waals surface area contributed by atoms with E-state index in [1.54, 1.807) is 0 Å². The van der Waals surface area contributed by atoms with Crippen LogP contribution < -0.4 is 8.92 Å². The van der Waals surface area contributed by atoms with E-state index in [2.05, 4.69) is 0 Å². The van der Waals surface area contributed by atoms with Crippen molar-refractivity contribution >= 4 is 56.5 Å². The van der Waals surface area contributed by atoms with Gasteiger partial charge in [0.1, 0.15) is 9.92 Å². The van der Waals surface area contributed by atoms with Gasteiger partial charge in [-0.3, -0.25) is 0 Å². The number of rotatable bonds is 4. The molecule has 0 aromatic heterocycles. The lowest BCUT2D eigenvalue weighted by molar-refractivity contribution is 0.398. The number of hydrogen-bond acceptors (Lipinski definition) is 4. The normalized spacial score (nSPS) is 11.3. The third-order valence-corrected chi connectivity index (χ3v) is 5.17. The van der Waals surface area contributed by atoms with E-state index < -0.39 is 10.1 Å². The first kappa shape index (κ1) is 17.5. The zero-order chi connectivity index (χ0) is 16.5. The molecule has 0 aliphatic carbocycles. The fourth-order valence-corrected chi connectivity index (χ4v) is 3.53. The predicted molar refractivity (Wildman–Crippen MR) is 87.3 cm³/mol. The molecule has 0 unspecified atom stereocenters. The molecule has 118 valence electrons. The van der Waals surface area contributed by atoms with Crippen LogP contribution in [0.2, 0.25) is 20.1 Å². The molecule has 4 nitrogen and oxygen atoms in total. The highest BCUT2D eigenvalue weighted by Crippen LogP contribution is 2.39. The molecule has 0 bridgehead atoms. The molecule has 0 saturated heterocycles. The summed E-state index contributed by atoms with van der Waals surface area (Å²) >= 11 is 23.5. The summed E-state index contributed by atoms with van der Waals surface area (Å²) in [5, 5.41) is 0.479. The van der Waals surface area contributed by atoms with Crippen molar-refractivity contribution in [3.05, 3.63) is 50.4 Å². The largest absolute Gasteiger partial charge is 0.494 e. The van der Waals surface area contributed by atoms with Crippen LogP contribution in [0, 0.1) is 0 Å². The van der Waals surface area contributed by atoms with Crippen molar-refractivity contribution in [2.75, 3.05) is 7.11 Å². The lowest BCUT2D eigenvalue weighted by Gasteiger charge is -2.13. The first-order chi connectivity index (χ1) is 10.3. The van der Waals surface area contributed by atoms with Crippen LogP contribution in [0.25, 0.3) is 0 Å². The van der Waals surface area contributed by atoms with Gasteiger partial charge in [0.15, 0.2) is 11.5 Å². The number of methoxy groups -OCH3 is 1. The summed E-state index contributed by atoms with van der Waals surface area (Å²) in [6.07, 6.45) is 0. The van der Waals surface area contributed by atoms with Gasteiger partial charge in [-0.05, 0) is 24.3 Å². The summed E-state index contributed by atoms with van der Waals surface area (Å²) in [6.45, 7) is 0. The zero-order valence-electron chi connectivity index (χ0n) is 10.9. The molecule has 0 atom stereocenters. The van der Waals surface area contributed by atoms with E-state index in [9.17, 15) is 8.42 Å². The van der Waals surface area contributed by atoms with Crippen LogP contribution in [0.1, 0.15) is 0 Å². The van der Waals surface area contributed by atoms with Crippen LogP contribution in [-0.4, -0.2) is 15.5 Å². The quantitative estimate of drug-likeness (QED) is 0.670. The molecule has 2 aromatic rings. The van der Waals surface area contributed by atoms with Gasteiger partial charge >= 0.3 is 10.1 Å². The van der Waals surface area contributed by atoms with Crippen molar-refractivity contribution in [1.82, 2.24) is 0 Å². The van der Waals surface area contributed by atoms with Gasteiger partial charge in [-0.1, -0.05) is 46.4 Å². The Morgan fingerprint density at radius 1 is 0.955 bits per heavy atom. The summed E-state index contributed by atoms with van der Waals surface area (Å²) in [6, 6.07) is 6.75. The highest BCUT2D eigenvalue weighted by Gasteiger charge is 2.26. The van der Waals surface area contributed by atoms with E-state index in [1.165, 1.54) is 37.4 Å². The Balaban J connectivity index is 2.52. The van der Waals surface area contributed by atoms with Gasteiger partial charge in [-0.15, -0.1) is 0 Å². The summed E-state index contributed by atoms with van der Waals surface area (Å²) < 4.78 is 34.8. The minimum atomic E-state index is -4.25. The molecule has 9 heteroatoms. The Hall–Kier alpha value is -0.850. The molecule has 0 amide bonds. The lowest BCUT2D eigenvalue weighted by atomic mass is 10.3. The van der Waals surface area contributed by atoms with Gasteiger partial charge in [0.05, 0.1) is 17.2 Å². The maximum atomic E-state index is 12.4. The van der Waals surface area contributed by atoms with Gasteiger partial charge in [0.25, 0.3) is 0 Å². The van der Waals surface area contributed by atoms with E-state index in [0.29, 0.717) is 0 Å². The van der Waals surface area contributed by atoms with E-state index >= 15 is 0 Å². The van der Waals surface area contributed by atoms with Gasteiger partial charge in [-0.2, -0.15) is 8.42 Å². The molecule has 0 spiro atoms. The summed E-state index contributed by atoms with van der Waals surface area (Å²) in [5.41, 5.74) is 0.